The van der Waals surface area contributed by atoms with E-state index in [9.17, 15) is 13.6 Å². The number of carbonyl (C=O) groups is 1. The third-order valence-corrected chi connectivity index (χ3v) is 4.69. The number of alkyl halides is 2. The van der Waals surface area contributed by atoms with Crippen LogP contribution in [0.25, 0.3) is 0 Å². The van der Waals surface area contributed by atoms with Crippen molar-refractivity contribution in [3.8, 4) is 11.6 Å². The maximum atomic E-state index is 12.3. The van der Waals surface area contributed by atoms with Crippen molar-refractivity contribution < 1.29 is 23.0 Å². The van der Waals surface area contributed by atoms with Crippen LogP contribution in [0.3, 0.4) is 0 Å². The van der Waals surface area contributed by atoms with Gasteiger partial charge < -0.3 is 19.7 Å². The fourth-order valence-corrected chi connectivity index (χ4v) is 3.30. The summed E-state index contributed by atoms with van der Waals surface area (Å²) in [7, 11) is 0. The number of anilines is 1. The molecule has 1 aromatic heterocycles. The van der Waals surface area contributed by atoms with E-state index in [1.807, 2.05) is 37.3 Å². The molecule has 1 aromatic carbocycles. The fraction of sp³-hybridized carbons (Fsp3) is 0.429. The summed E-state index contributed by atoms with van der Waals surface area (Å²) < 4.78 is 35.7. The molecule has 0 saturated carbocycles. The number of aromatic nitrogens is 1. The van der Waals surface area contributed by atoms with E-state index in [-0.39, 0.29) is 23.9 Å². The maximum absolute atomic E-state index is 12.3. The lowest BCUT2D eigenvalue weighted by molar-refractivity contribution is -0.119. The van der Waals surface area contributed by atoms with Crippen LogP contribution in [0.1, 0.15) is 31.9 Å². The van der Waals surface area contributed by atoms with Crippen molar-refractivity contribution in [2.75, 3.05) is 24.6 Å². The number of nitrogens with one attached hydrogen (secondary N) is 1. The first-order valence-corrected chi connectivity index (χ1v) is 9.56. The van der Waals surface area contributed by atoms with Gasteiger partial charge >= 0.3 is 0 Å². The second kappa shape index (κ2) is 9.54. The second-order valence-corrected chi connectivity index (χ2v) is 7.02. The molecule has 2 atom stereocenters. The highest BCUT2D eigenvalue weighted by atomic mass is 19.3. The van der Waals surface area contributed by atoms with E-state index >= 15 is 0 Å². The predicted molar refractivity (Wildman–Crippen MR) is 106 cm³/mol. The normalized spacial score (nSPS) is 17.3. The lowest BCUT2D eigenvalue weighted by atomic mass is 10.1. The first kappa shape index (κ1) is 20.8. The largest absolute Gasteiger partial charge is 0.489 e. The standard InChI is InChI=1S/C21H25F2N3O3/c1-14(25-15(2)27)16-3-5-18(6-4-16)29-19-8-10-26(12-19)17-7-9-24-21(11-17)28-13-20(22)23/h3-7,9,11,14,19-20H,8,10,12-13H2,1-2H3,(H,25,27). The summed E-state index contributed by atoms with van der Waals surface area (Å²) in [5, 5.41) is 2.85. The summed E-state index contributed by atoms with van der Waals surface area (Å²) in [5.74, 6) is 0.894. The van der Waals surface area contributed by atoms with Crippen molar-refractivity contribution >= 4 is 11.6 Å². The molecule has 0 radical (unpaired) electrons. The topological polar surface area (TPSA) is 63.7 Å². The average molecular weight is 405 g/mol. The van der Waals surface area contributed by atoms with Crippen molar-refractivity contribution in [3.05, 3.63) is 48.2 Å². The molecule has 3 rings (SSSR count). The van der Waals surface area contributed by atoms with Crippen LogP contribution >= 0.6 is 0 Å². The molecule has 1 aliphatic heterocycles. The van der Waals surface area contributed by atoms with Crippen LogP contribution in [0.2, 0.25) is 0 Å². The predicted octanol–water partition coefficient (Wildman–Crippen LogP) is 3.58. The molecule has 156 valence electrons. The smallest absolute Gasteiger partial charge is 0.272 e. The van der Waals surface area contributed by atoms with Gasteiger partial charge in [-0.15, -0.1) is 0 Å². The number of hydrogen-bond donors (Lipinski definition) is 1. The molecule has 0 aliphatic carbocycles. The van der Waals surface area contributed by atoms with Gasteiger partial charge in [0.25, 0.3) is 6.43 Å². The summed E-state index contributed by atoms with van der Waals surface area (Å²) in [5.41, 5.74) is 1.88. The first-order valence-electron chi connectivity index (χ1n) is 9.56. The number of amides is 1. The minimum Gasteiger partial charge on any atom is -0.489 e. The molecule has 6 nitrogen and oxygen atoms in total. The lowest BCUT2D eigenvalue weighted by Crippen LogP contribution is -2.25. The summed E-state index contributed by atoms with van der Waals surface area (Å²) in [6.07, 6.45) is -0.108. The molecule has 0 bridgehead atoms. The monoisotopic (exact) mass is 405 g/mol. The molecule has 1 fully saturated rings. The molecule has 1 aliphatic rings. The zero-order valence-corrected chi connectivity index (χ0v) is 16.5. The Kier molecular flexibility index (Phi) is 6.85. The quantitative estimate of drug-likeness (QED) is 0.727. The molecule has 2 aromatic rings. The van der Waals surface area contributed by atoms with Gasteiger partial charge in [0.2, 0.25) is 11.8 Å². The highest BCUT2D eigenvalue weighted by Crippen LogP contribution is 2.26. The van der Waals surface area contributed by atoms with E-state index in [0.29, 0.717) is 6.54 Å². The lowest BCUT2D eigenvalue weighted by Gasteiger charge is -2.20. The van der Waals surface area contributed by atoms with Crippen LogP contribution in [0, 0.1) is 0 Å². The second-order valence-electron chi connectivity index (χ2n) is 7.02. The van der Waals surface area contributed by atoms with Crippen LogP contribution < -0.4 is 19.7 Å². The Hall–Kier alpha value is -2.90. The van der Waals surface area contributed by atoms with E-state index in [1.165, 1.54) is 6.92 Å². The number of nitrogens with zero attached hydrogens (tertiary/aromatic N) is 2. The van der Waals surface area contributed by atoms with Crippen LogP contribution in [-0.4, -0.2) is 43.1 Å². The van der Waals surface area contributed by atoms with Gasteiger partial charge in [-0.05, 0) is 30.7 Å². The number of hydrogen-bond acceptors (Lipinski definition) is 5. The Morgan fingerprint density at radius 3 is 2.76 bits per heavy atom. The van der Waals surface area contributed by atoms with Crippen molar-refractivity contribution in [2.45, 2.75) is 38.8 Å². The van der Waals surface area contributed by atoms with E-state index in [0.717, 1.165) is 30.0 Å². The van der Waals surface area contributed by atoms with Crippen LogP contribution in [-0.2, 0) is 4.79 Å². The highest BCUT2D eigenvalue weighted by molar-refractivity contribution is 5.73. The highest BCUT2D eigenvalue weighted by Gasteiger charge is 2.25. The molecule has 29 heavy (non-hydrogen) atoms. The number of pyridine rings is 1. The molecular formula is C21H25F2N3O3. The molecule has 0 spiro atoms. The van der Waals surface area contributed by atoms with Crippen LogP contribution in [0.15, 0.2) is 42.6 Å². The van der Waals surface area contributed by atoms with Gasteiger partial charge in [-0.2, -0.15) is 0 Å². The Morgan fingerprint density at radius 2 is 2.07 bits per heavy atom. The summed E-state index contributed by atoms with van der Waals surface area (Å²) in [4.78, 5) is 17.3. The Labute approximate surface area is 168 Å². The number of benzene rings is 1. The van der Waals surface area contributed by atoms with Crippen molar-refractivity contribution in [3.63, 3.8) is 0 Å². The molecule has 2 heterocycles. The SMILES string of the molecule is CC(=O)NC(C)c1ccc(OC2CCN(c3ccnc(OCC(F)F)c3)C2)cc1. The minimum atomic E-state index is -2.53. The van der Waals surface area contributed by atoms with E-state index in [4.69, 9.17) is 9.47 Å². The Balaban J connectivity index is 1.55. The fourth-order valence-electron chi connectivity index (χ4n) is 3.30. The third-order valence-electron chi connectivity index (χ3n) is 4.69. The van der Waals surface area contributed by atoms with E-state index in [2.05, 4.69) is 15.2 Å². The van der Waals surface area contributed by atoms with Crippen LogP contribution in [0.5, 0.6) is 11.6 Å². The van der Waals surface area contributed by atoms with E-state index in [1.54, 1.807) is 12.3 Å². The molecular weight excluding hydrogens is 380 g/mol. The first-order chi connectivity index (χ1) is 13.9. The number of carbonyl (C=O) groups excluding carboxylic acids is 1. The Bertz CT molecular complexity index is 817. The zero-order valence-electron chi connectivity index (χ0n) is 16.5. The van der Waals surface area contributed by atoms with Crippen molar-refractivity contribution in [1.29, 1.82) is 0 Å². The molecule has 8 heteroatoms. The van der Waals surface area contributed by atoms with Gasteiger partial charge in [-0.1, -0.05) is 12.1 Å². The number of ether oxygens (including phenoxy) is 2. The molecule has 1 amide bonds. The van der Waals surface area contributed by atoms with Gasteiger partial charge in [0, 0.05) is 37.8 Å². The molecule has 2 unspecified atom stereocenters. The summed E-state index contributed by atoms with van der Waals surface area (Å²) in [6.45, 7) is 4.23. The van der Waals surface area contributed by atoms with Gasteiger partial charge in [0.1, 0.15) is 11.9 Å². The van der Waals surface area contributed by atoms with Gasteiger partial charge in [-0.3, -0.25) is 4.79 Å². The third kappa shape index (κ3) is 6.04. The average Bonchev–Trinajstić information content (AvgIpc) is 3.15. The summed E-state index contributed by atoms with van der Waals surface area (Å²) >= 11 is 0. The van der Waals surface area contributed by atoms with Crippen molar-refractivity contribution in [2.24, 2.45) is 0 Å². The van der Waals surface area contributed by atoms with Gasteiger partial charge in [-0.25, -0.2) is 13.8 Å². The van der Waals surface area contributed by atoms with Gasteiger partial charge in [0.05, 0.1) is 12.6 Å². The molecule has 1 N–H and O–H groups in total. The number of rotatable bonds is 8. The Morgan fingerprint density at radius 1 is 1.31 bits per heavy atom. The number of halogens is 2. The van der Waals surface area contributed by atoms with E-state index < -0.39 is 13.0 Å². The van der Waals surface area contributed by atoms with Gasteiger partial charge in [0.15, 0.2) is 6.61 Å². The molecule has 1 saturated heterocycles. The minimum absolute atomic E-state index is 0.0206. The summed E-state index contributed by atoms with van der Waals surface area (Å²) in [6, 6.07) is 11.1. The van der Waals surface area contributed by atoms with Crippen molar-refractivity contribution in [1.82, 2.24) is 10.3 Å². The van der Waals surface area contributed by atoms with Crippen LogP contribution in [0.4, 0.5) is 14.5 Å². The zero-order chi connectivity index (χ0) is 20.8. The maximum Gasteiger partial charge on any atom is 0.272 e.